The first-order chi connectivity index (χ1) is 10.6. The van der Waals surface area contributed by atoms with Crippen LogP contribution in [0.3, 0.4) is 0 Å². The molecule has 0 spiro atoms. The van der Waals surface area contributed by atoms with Crippen molar-refractivity contribution >= 4 is 5.91 Å². The van der Waals surface area contributed by atoms with E-state index in [1.165, 1.54) is 23.1 Å². The van der Waals surface area contributed by atoms with Crippen LogP contribution < -0.4 is 5.32 Å². The summed E-state index contributed by atoms with van der Waals surface area (Å²) in [6.45, 7) is 6.59. The van der Waals surface area contributed by atoms with Crippen LogP contribution in [0.4, 0.5) is 0 Å². The zero-order valence-electron chi connectivity index (χ0n) is 13.7. The van der Waals surface area contributed by atoms with Gasteiger partial charge in [0.25, 0.3) is 0 Å². The Hall–Kier alpha value is -2.09. The second-order valence-corrected chi connectivity index (χ2v) is 6.02. The topological polar surface area (TPSA) is 29.1 Å². The van der Waals surface area contributed by atoms with Gasteiger partial charge in [-0.3, -0.25) is 4.79 Å². The van der Waals surface area contributed by atoms with Crippen LogP contribution in [0.1, 0.15) is 38.3 Å². The molecule has 2 aromatic carbocycles. The molecule has 2 rings (SSSR count). The van der Waals surface area contributed by atoms with Crippen LogP contribution in [-0.2, 0) is 17.8 Å². The van der Waals surface area contributed by atoms with Crippen molar-refractivity contribution in [3.63, 3.8) is 0 Å². The van der Waals surface area contributed by atoms with Crippen LogP contribution >= 0.6 is 0 Å². The van der Waals surface area contributed by atoms with Crippen LogP contribution in [0.5, 0.6) is 0 Å². The Labute approximate surface area is 133 Å². The summed E-state index contributed by atoms with van der Waals surface area (Å²) in [5, 5.41) is 2.96. The van der Waals surface area contributed by atoms with E-state index in [2.05, 4.69) is 54.7 Å². The van der Waals surface area contributed by atoms with Gasteiger partial charge in [-0.2, -0.15) is 0 Å². The van der Waals surface area contributed by atoms with E-state index in [9.17, 15) is 4.79 Å². The Morgan fingerprint density at radius 2 is 1.73 bits per heavy atom. The Kier molecular flexibility index (Phi) is 5.76. The van der Waals surface area contributed by atoms with E-state index in [1.54, 1.807) is 0 Å². The van der Waals surface area contributed by atoms with Crippen molar-refractivity contribution < 1.29 is 4.79 Å². The summed E-state index contributed by atoms with van der Waals surface area (Å²) in [4.78, 5) is 11.7. The molecule has 0 saturated heterocycles. The molecule has 0 aliphatic carbocycles. The van der Waals surface area contributed by atoms with Gasteiger partial charge in [0.15, 0.2) is 0 Å². The average molecular weight is 295 g/mol. The molecule has 0 fully saturated rings. The molecule has 0 heterocycles. The number of aryl methyl sites for hydroxylation is 1. The van der Waals surface area contributed by atoms with E-state index in [0.717, 1.165) is 12.0 Å². The fourth-order valence-corrected chi connectivity index (χ4v) is 2.41. The van der Waals surface area contributed by atoms with Gasteiger partial charge < -0.3 is 5.32 Å². The number of carbonyl (C=O) groups is 1. The predicted molar refractivity (Wildman–Crippen MR) is 92.6 cm³/mol. The highest BCUT2D eigenvalue weighted by atomic mass is 16.1. The van der Waals surface area contributed by atoms with Crippen molar-refractivity contribution in [3.05, 3.63) is 59.7 Å². The van der Waals surface area contributed by atoms with Gasteiger partial charge >= 0.3 is 0 Å². The number of rotatable bonds is 6. The van der Waals surface area contributed by atoms with Crippen LogP contribution in [0, 0.1) is 5.92 Å². The molecular formula is C20H25NO. The molecule has 2 aromatic rings. The van der Waals surface area contributed by atoms with E-state index >= 15 is 0 Å². The Bertz CT molecular complexity index is 614. The van der Waals surface area contributed by atoms with Gasteiger partial charge in [-0.15, -0.1) is 0 Å². The minimum atomic E-state index is 0.0225. The average Bonchev–Trinajstić information content (AvgIpc) is 2.54. The first-order valence-electron chi connectivity index (χ1n) is 8.06. The Balaban J connectivity index is 2.09. The van der Waals surface area contributed by atoms with Crippen LogP contribution in [-0.4, -0.2) is 5.91 Å². The smallest absolute Gasteiger partial charge is 0.222 e. The van der Waals surface area contributed by atoms with E-state index in [1.807, 2.05) is 19.9 Å². The number of hydrogen-bond donors (Lipinski definition) is 1. The van der Waals surface area contributed by atoms with Gasteiger partial charge in [-0.25, -0.2) is 0 Å². The highest BCUT2D eigenvalue weighted by molar-refractivity contribution is 5.77. The van der Waals surface area contributed by atoms with E-state index < -0.39 is 0 Å². The maximum Gasteiger partial charge on any atom is 0.222 e. The van der Waals surface area contributed by atoms with Crippen LogP contribution in [0.25, 0.3) is 11.1 Å². The molecule has 0 bridgehead atoms. The second-order valence-electron chi connectivity index (χ2n) is 6.02. The molecule has 0 aliphatic heterocycles. The summed E-state index contributed by atoms with van der Waals surface area (Å²) in [7, 11) is 0. The van der Waals surface area contributed by atoms with Gasteiger partial charge in [0.05, 0.1) is 0 Å². The quantitative estimate of drug-likeness (QED) is 0.830. The number of carbonyl (C=O) groups excluding carboxylic acids is 1. The number of nitrogens with one attached hydrogen (secondary N) is 1. The highest BCUT2D eigenvalue weighted by Crippen LogP contribution is 2.21. The maximum atomic E-state index is 11.7. The highest BCUT2D eigenvalue weighted by Gasteiger charge is 2.06. The molecule has 0 saturated carbocycles. The summed E-state index contributed by atoms with van der Waals surface area (Å²) in [5.41, 5.74) is 4.92. The molecule has 0 atom stereocenters. The third-order valence-corrected chi connectivity index (χ3v) is 3.74. The minimum absolute atomic E-state index is 0.0225. The third kappa shape index (κ3) is 4.45. The summed E-state index contributed by atoms with van der Waals surface area (Å²) >= 11 is 0. The van der Waals surface area contributed by atoms with Gasteiger partial charge in [-0.05, 0) is 34.7 Å². The van der Waals surface area contributed by atoms with Gasteiger partial charge in [0, 0.05) is 12.5 Å². The van der Waals surface area contributed by atoms with Gasteiger partial charge in [-0.1, -0.05) is 69.7 Å². The van der Waals surface area contributed by atoms with Crippen molar-refractivity contribution in [1.82, 2.24) is 5.32 Å². The normalized spacial score (nSPS) is 10.7. The molecule has 1 N–H and O–H groups in total. The molecule has 0 radical (unpaired) electrons. The monoisotopic (exact) mass is 295 g/mol. The minimum Gasteiger partial charge on any atom is -0.352 e. The summed E-state index contributed by atoms with van der Waals surface area (Å²) in [6.07, 6.45) is 2.30. The molecule has 2 heteroatoms. The van der Waals surface area contributed by atoms with Gasteiger partial charge in [0.1, 0.15) is 0 Å². The van der Waals surface area contributed by atoms with Crippen molar-refractivity contribution in [2.45, 2.75) is 40.2 Å². The molecular weight excluding hydrogens is 270 g/mol. The first-order valence-corrected chi connectivity index (χ1v) is 8.06. The summed E-state index contributed by atoms with van der Waals surface area (Å²) < 4.78 is 0. The molecule has 2 nitrogen and oxygen atoms in total. The number of benzene rings is 2. The lowest BCUT2D eigenvalue weighted by Crippen LogP contribution is -2.27. The fraction of sp³-hybridized carbons (Fsp3) is 0.350. The van der Waals surface area contributed by atoms with Crippen LogP contribution in [0.2, 0.25) is 0 Å². The lowest BCUT2D eigenvalue weighted by molar-refractivity contribution is -0.124. The SMILES string of the molecule is CCCc1ccc(-c2cccc(CNC(=O)C(C)C)c2)cc1. The second kappa shape index (κ2) is 7.79. The number of amides is 1. The van der Waals surface area contributed by atoms with Crippen molar-refractivity contribution in [2.24, 2.45) is 5.92 Å². The molecule has 1 amide bonds. The maximum absolute atomic E-state index is 11.7. The third-order valence-electron chi connectivity index (χ3n) is 3.74. The van der Waals surface area contributed by atoms with Crippen molar-refractivity contribution in [1.29, 1.82) is 0 Å². The molecule has 0 aliphatic rings. The molecule has 0 aromatic heterocycles. The molecule has 0 unspecified atom stereocenters. The number of hydrogen-bond acceptors (Lipinski definition) is 1. The molecule has 22 heavy (non-hydrogen) atoms. The first kappa shape index (κ1) is 16.3. The zero-order chi connectivity index (χ0) is 15.9. The van der Waals surface area contributed by atoms with Crippen molar-refractivity contribution in [2.75, 3.05) is 0 Å². The lowest BCUT2D eigenvalue weighted by atomic mass is 10.0. The standard InChI is InChI=1S/C20H25NO/c1-4-6-16-9-11-18(12-10-16)19-8-5-7-17(13-19)14-21-20(22)15(2)3/h5,7-13,15H,4,6,14H2,1-3H3,(H,21,22). The van der Waals surface area contributed by atoms with Crippen LogP contribution in [0.15, 0.2) is 48.5 Å². The fourth-order valence-electron chi connectivity index (χ4n) is 2.41. The van der Waals surface area contributed by atoms with E-state index in [-0.39, 0.29) is 11.8 Å². The predicted octanol–water partition coefficient (Wildman–Crippen LogP) is 4.58. The van der Waals surface area contributed by atoms with Gasteiger partial charge in [0.2, 0.25) is 5.91 Å². The van der Waals surface area contributed by atoms with E-state index in [0.29, 0.717) is 6.54 Å². The lowest BCUT2D eigenvalue weighted by Gasteiger charge is -2.09. The largest absolute Gasteiger partial charge is 0.352 e. The zero-order valence-corrected chi connectivity index (χ0v) is 13.7. The molecule has 116 valence electrons. The Morgan fingerprint density at radius 3 is 2.36 bits per heavy atom. The Morgan fingerprint density at radius 1 is 1.00 bits per heavy atom. The summed E-state index contributed by atoms with van der Waals surface area (Å²) in [5.74, 6) is 0.114. The summed E-state index contributed by atoms with van der Waals surface area (Å²) in [6, 6.07) is 17.1. The van der Waals surface area contributed by atoms with E-state index in [4.69, 9.17) is 0 Å². The van der Waals surface area contributed by atoms with Crippen molar-refractivity contribution in [3.8, 4) is 11.1 Å².